The number of benzene rings is 1. The summed E-state index contributed by atoms with van der Waals surface area (Å²) in [5.41, 5.74) is 3.23. The molecule has 0 aliphatic heterocycles. The molecule has 27 heavy (non-hydrogen) atoms. The van der Waals surface area contributed by atoms with Gasteiger partial charge in [0.15, 0.2) is 0 Å². The number of hydrogen-bond donors (Lipinski definition) is 1. The molecule has 8 heteroatoms. The summed E-state index contributed by atoms with van der Waals surface area (Å²) in [4.78, 5) is 17.0. The van der Waals surface area contributed by atoms with Gasteiger partial charge in [0.2, 0.25) is 0 Å². The van der Waals surface area contributed by atoms with E-state index in [4.69, 9.17) is 23.2 Å². The van der Waals surface area contributed by atoms with E-state index in [-0.39, 0.29) is 5.56 Å². The number of halogens is 3. The number of nitrogens with zero attached hydrogens (tertiary/aromatic N) is 3. The van der Waals surface area contributed by atoms with Crippen molar-refractivity contribution in [2.75, 3.05) is 0 Å². The Bertz CT molecular complexity index is 1240. The van der Waals surface area contributed by atoms with Crippen LogP contribution in [0.5, 0.6) is 0 Å². The molecule has 0 amide bonds. The maximum atomic E-state index is 12.6. The van der Waals surface area contributed by atoms with E-state index in [1.54, 1.807) is 39.1 Å². The summed E-state index contributed by atoms with van der Waals surface area (Å²) < 4.78 is 4.14. The highest BCUT2D eigenvalue weighted by Gasteiger charge is 2.12. The summed E-state index contributed by atoms with van der Waals surface area (Å²) in [5, 5.41) is 1.88. The number of aromatic nitrogens is 3. The Kier molecular flexibility index (Phi) is 5.07. The molecule has 0 N–H and O–H groups in total. The minimum Gasteiger partial charge on any atom is -0.311 e. The molecule has 0 fully saturated rings. The average Bonchev–Trinajstić information content (AvgIpc) is 2.96. The van der Waals surface area contributed by atoms with Gasteiger partial charge in [-0.3, -0.25) is 8.77 Å². The fraction of sp³-hybridized carbons (Fsp3) is 0.0526. The van der Waals surface area contributed by atoms with Crippen LogP contribution in [-0.4, -0.2) is 13.5 Å². The number of hydrogen-bond acceptors (Lipinski definition) is 3. The lowest BCUT2D eigenvalue weighted by molar-refractivity contribution is 0.760. The average molecular weight is 481 g/mol. The van der Waals surface area contributed by atoms with Gasteiger partial charge in [-0.05, 0) is 51.3 Å². The predicted octanol–water partition coefficient (Wildman–Crippen LogP) is 5.68. The highest BCUT2D eigenvalue weighted by atomic mass is 79.9. The van der Waals surface area contributed by atoms with Crippen molar-refractivity contribution in [3.05, 3.63) is 85.4 Å². The van der Waals surface area contributed by atoms with Crippen molar-refractivity contribution in [3.8, 4) is 11.1 Å². The summed E-state index contributed by atoms with van der Waals surface area (Å²) in [6.07, 6.45) is 5.34. The molecule has 136 valence electrons. The van der Waals surface area contributed by atoms with E-state index >= 15 is 0 Å². The van der Waals surface area contributed by atoms with Gasteiger partial charge < -0.3 is 4.57 Å². The lowest BCUT2D eigenvalue weighted by Crippen LogP contribution is -2.19. The monoisotopic (exact) mass is 479 g/mol. The molecular weight excluding hydrogens is 469 g/mol. The third-order valence-electron chi connectivity index (χ3n) is 4.24. The lowest BCUT2D eigenvalue weighted by Gasteiger charge is -2.08. The van der Waals surface area contributed by atoms with Crippen molar-refractivity contribution in [3.63, 3.8) is 0 Å². The van der Waals surface area contributed by atoms with Gasteiger partial charge in [0.05, 0.1) is 16.6 Å². The zero-order valence-electron chi connectivity index (χ0n) is 13.7. The summed E-state index contributed by atoms with van der Waals surface area (Å²) >= 11 is 19.9. The third kappa shape index (κ3) is 3.67. The highest BCUT2D eigenvalue weighted by Crippen LogP contribution is 2.31. The Labute approximate surface area is 179 Å². The molecule has 0 saturated heterocycles. The van der Waals surface area contributed by atoms with Crippen LogP contribution in [0, 0.1) is 0 Å². The van der Waals surface area contributed by atoms with Crippen LogP contribution in [0.2, 0.25) is 10.0 Å². The molecule has 3 heterocycles. The normalized spacial score (nSPS) is 11.3. The zero-order valence-corrected chi connectivity index (χ0v) is 17.7. The molecule has 0 radical (unpaired) electrons. The second kappa shape index (κ2) is 7.36. The van der Waals surface area contributed by atoms with E-state index in [0.717, 1.165) is 32.2 Å². The molecular formula is C19H12BrCl2N3OS. The first kappa shape index (κ1) is 18.6. The Morgan fingerprint density at radius 2 is 1.93 bits per heavy atom. The van der Waals surface area contributed by atoms with Crippen molar-refractivity contribution in [2.45, 2.75) is 6.54 Å². The van der Waals surface area contributed by atoms with E-state index in [9.17, 15) is 4.79 Å². The van der Waals surface area contributed by atoms with Gasteiger partial charge in [-0.25, -0.2) is 4.98 Å². The SMILES string of the molecule is O=c1cc(-c2cn(S)c3ncc(Br)cc23)ccn1Cc1ccc(Cl)c(Cl)c1. The quantitative estimate of drug-likeness (QED) is 0.383. The van der Waals surface area contributed by atoms with Crippen LogP contribution in [0.4, 0.5) is 0 Å². The smallest absolute Gasteiger partial charge is 0.251 e. The topological polar surface area (TPSA) is 39.8 Å². The van der Waals surface area contributed by atoms with E-state index in [0.29, 0.717) is 16.6 Å². The van der Waals surface area contributed by atoms with Gasteiger partial charge in [-0.2, -0.15) is 0 Å². The first-order valence-electron chi connectivity index (χ1n) is 7.93. The number of fused-ring (bicyclic) bond motifs is 1. The predicted molar refractivity (Wildman–Crippen MR) is 117 cm³/mol. The fourth-order valence-corrected chi connectivity index (χ4v) is 3.86. The van der Waals surface area contributed by atoms with Gasteiger partial charge in [-0.15, -0.1) is 0 Å². The van der Waals surface area contributed by atoms with Crippen molar-refractivity contribution in [1.29, 1.82) is 0 Å². The minimum atomic E-state index is -0.110. The molecule has 4 rings (SSSR count). The Morgan fingerprint density at radius 1 is 1.11 bits per heavy atom. The molecule has 4 aromatic rings. The highest BCUT2D eigenvalue weighted by molar-refractivity contribution is 9.10. The van der Waals surface area contributed by atoms with Crippen molar-refractivity contribution < 1.29 is 0 Å². The number of pyridine rings is 2. The van der Waals surface area contributed by atoms with Crippen LogP contribution >= 0.6 is 51.9 Å². The Morgan fingerprint density at radius 3 is 2.67 bits per heavy atom. The van der Waals surface area contributed by atoms with Gasteiger partial charge in [0, 0.05) is 40.1 Å². The molecule has 0 aliphatic carbocycles. The summed E-state index contributed by atoms with van der Waals surface area (Å²) in [6, 6.07) is 10.8. The van der Waals surface area contributed by atoms with Crippen LogP contribution in [0.3, 0.4) is 0 Å². The van der Waals surface area contributed by atoms with E-state index in [2.05, 4.69) is 33.7 Å². The van der Waals surface area contributed by atoms with E-state index in [1.165, 1.54) is 0 Å². The molecule has 0 bridgehead atoms. The third-order valence-corrected chi connectivity index (χ3v) is 5.71. The van der Waals surface area contributed by atoms with Crippen molar-refractivity contribution in [1.82, 2.24) is 13.5 Å². The van der Waals surface area contributed by atoms with Crippen LogP contribution in [0.15, 0.2) is 64.3 Å². The molecule has 0 aliphatic rings. The van der Waals surface area contributed by atoms with Gasteiger partial charge in [0.1, 0.15) is 5.65 Å². The second-order valence-corrected chi connectivity index (χ2v) is 8.20. The maximum absolute atomic E-state index is 12.6. The molecule has 1 aromatic carbocycles. The minimum absolute atomic E-state index is 0.110. The summed E-state index contributed by atoms with van der Waals surface area (Å²) in [7, 11) is 0. The van der Waals surface area contributed by atoms with Crippen LogP contribution in [0.1, 0.15) is 5.56 Å². The van der Waals surface area contributed by atoms with Crippen LogP contribution in [-0.2, 0) is 6.54 Å². The molecule has 0 saturated carbocycles. The zero-order chi connectivity index (χ0) is 19.1. The van der Waals surface area contributed by atoms with Gasteiger partial charge >= 0.3 is 0 Å². The Balaban J connectivity index is 1.73. The maximum Gasteiger partial charge on any atom is 0.251 e. The molecule has 3 aromatic heterocycles. The van der Waals surface area contributed by atoms with Crippen LogP contribution in [0.25, 0.3) is 22.2 Å². The van der Waals surface area contributed by atoms with E-state index in [1.807, 2.05) is 24.4 Å². The number of thiol groups is 1. The number of rotatable bonds is 3. The van der Waals surface area contributed by atoms with Crippen LogP contribution < -0.4 is 5.56 Å². The van der Waals surface area contributed by atoms with Crippen molar-refractivity contribution >= 4 is 63.0 Å². The molecule has 0 spiro atoms. The fourth-order valence-electron chi connectivity index (χ4n) is 2.94. The van der Waals surface area contributed by atoms with Crippen molar-refractivity contribution in [2.24, 2.45) is 0 Å². The first-order valence-corrected chi connectivity index (χ1v) is 9.88. The van der Waals surface area contributed by atoms with Gasteiger partial charge in [0.25, 0.3) is 5.56 Å². The lowest BCUT2D eigenvalue weighted by atomic mass is 10.1. The standard InChI is InChI=1S/C19H12BrCl2N3OS/c20-13-7-14-15(10-25(27)19(14)23-8-13)12-3-4-24(18(26)6-12)9-11-1-2-16(21)17(22)5-11/h1-8,10,27H,9H2. The first-order chi connectivity index (χ1) is 12.9. The summed E-state index contributed by atoms with van der Waals surface area (Å²) in [6.45, 7) is 0.414. The van der Waals surface area contributed by atoms with E-state index < -0.39 is 0 Å². The Hall–Kier alpha value is -1.73. The van der Waals surface area contributed by atoms with Gasteiger partial charge in [-0.1, -0.05) is 42.1 Å². The second-order valence-electron chi connectivity index (χ2n) is 6.04. The molecule has 0 unspecified atom stereocenters. The molecule has 4 nitrogen and oxygen atoms in total. The molecule has 0 atom stereocenters. The largest absolute Gasteiger partial charge is 0.311 e. The summed E-state index contributed by atoms with van der Waals surface area (Å²) in [5.74, 6) is 0.